The van der Waals surface area contributed by atoms with Crippen molar-refractivity contribution < 1.29 is 0 Å². The van der Waals surface area contributed by atoms with Gasteiger partial charge in [-0.05, 0) is 36.2 Å². The fraction of sp³-hybridized carbons (Fsp3) is 0.250. The van der Waals surface area contributed by atoms with E-state index in [4.69, 9.17) is 5.73 Å². The van der Waals surface area contributed by atoms with E-state index >= 15 is 0 Å². The molecule has 0 saturated heterocycles. The van der Waals surface area contributed by atoms with Crippen molar-refractivity contribution in [3.05, 3.63) is 47.8 Å². The topological polar surface area (TPSA) is 70.8 Å². The number of hydrogen-bond acceptors (Lipinski definition) is 4. The summed E-state index contributed by atoms with van der Waals surface area (Å²) in [7, 11) is 3.95. The van der Waals surface area contributed by atoms with Gasteiger partial charge in [0.25, 0.3) is 0 Å². The van der Waals surface area contributed by atoms with Gasteiger partial charge in [0, 0.05) is 26.2 Å². The first-order valence-electron chi connectivity index (χ1n) is 6.99. The summed E-state index contributed by atoms with van der Waals surface area (Å²) >= 11 is 0. The number of aromatic nitrogens is 3. The molecule has 0 saturated carbocycles. The summed E-state index contributed by atoms with van der Waals surface area (Å²) in [5.74, 6) is 1.87. The minimum atomic E-state index is 0.767. The van der Waals surface area contributed by atoms with Gasteiger partial charge in [0.15, 0.2) is 5.65 Å². The lowest BCUT2D eigenvalue weighted by atomic mass is 10.1. The van der Waals surface area contributed by atoms with Crippen LogP contribution >= 0.6 is 0 Å². The maximum Gasteiger partial charge on any atom is 0.179 e. The Balaban J connectivity index is 1.78. The lowest BCUT2D eigenvalue weighted by Crippen LogP contribution is -2.10. The Bertz CT molecular complexity index is 760. The third-order valence-electron chi connectivity index (χ3n) is 3.44. The molecular formula is C16H19N5. The van der Waals surface area contributed by atoms with Gasteiger partial charge in [0.1, 0.15) is 11.6 Å². The molecule has 3 rings (SSSR count). The number of H-pyrrole nitrogens is 1. The highest BCUT2D eigenvalue weighted by Crippen LogP contribution is 2.16. The molecule has 108 valence electrons. The van der Waals surface area contributed by atoms with Crippen LogP contribution in [0.4, 0.5) is 11.5 Å². The van der Waals surface area contributed by atoms with Crippen molar-refractivity contribution in [1.29, 1.82) is 0 Å². The van der Waals surface area contributed by atoms with Crippen LogP contribution in [0.1, 0.15) is 11.4 Å². The maximum atomic E-state index is 5.80. The Labute approximate surface area is 123 Å². The third kappa shape index (κ3) is 2.97. The average molecular weight is 281 g/mol. The number of hydrogen-bond donors (Lipinski definition) is 2. The van der Waals surface area contributed by atoms with Crippen molar-refractivity contribution in [1.82, 2.24) is 15.0 Å². The number of rotatable bonds is 4. The Morgan fingerprint density at radius 2 is 1.95 bits per heavy atom. The predicted molar refractivity (Wildman–Crippen MR) is 86.5 cm³/mol. The number of fused-ring (bicyclic) bond motifs is 1. The lowest BCUT2D eigenvalue weighted by molar-refractivity contribution is 0.889. The first-order chi connectivity index (χ1) is 10.1. The fourth-order valence-electron chi connectivity index (χ4n) is 2.31. The third-order valence-corrected chi connectivity index (χ3v) is 3.44. The average Bonchev–Trinajstić information content (AvgIpc) is 2.87. The number of nitrogens with one attached hydrogen (secondary N) is 1. The van der Waals surface area contributed by atoms with Crippen LogP contribution in [0.2, 0.25) is 0 Å². The van der Waals surface area contributed by atoms with Gasteiger partial charge in [0.2, 0.25) is 0 Å². The maximum absolute atomic E-state index is 5.80. The molecule has 0 atom stereocenters. The molecule has 0 aliphatic heterocycles. The van der Waals surface area contributed by atoms with E-state index in [1.807, 2.05) is 49.3 Å². The molecule has 0 fully saturated rings. The molecule has 21 heavy (non-hydrogen) atoms. The number of nitrogen functional groups attached to an aromatic ring is 1. The minimum Gasteiger partial charge on any atom is -0.399 e. The van der Waals surface area contributed by atoms with Crippen LogP contribution in [0.15, 0.2) is 36.4 Å². The molecule has 0 amide bonds. The van der Waals surface area contributed by atoms with Crippen molar-refractivity contribution in [2.75, 3.05) is 24.7 Å². The highest BCUT2D eigenvalue weighted by atomic mass is 15.1. The summed E-state index contributed by atoms with van der Waals surface area (Å²) in [6, 6.07) is 12.0. The lowest BCUT2D eigenvalue weighted by Gasteiger charge is -2.09. The second-order valence-electron chi connectivity index (χ2n) is 5.36. The summed E-state index contributed by atoms with van der Waals surface area (Å²) in [6.07, 6.45) is 1.75. The summed E-state index contributed by atoms with van der Waals surface area (Å²) in [4.78, 5) is 14.4. The van der Waals surface area contributed by atoms with E-state index in [9.17, 15) is 0 Å². The zero-order valence-corrected chi connectivity index (χ0v) is 12.3. The van der Waals surface area contributed by atoms with Gasteiger partial charge < -0.3 is 15.6 Å². The molecule has 5 nitrogen and oxygen atoms in total. The molecule has 1 aromatic carbocycles. The molecule has 0 unspecified atom stereocenters. The van der Waals surface area contributed by atoms with Crippen LogP contribution in [0, 0.1) is 0 Å². The van der Waals surface area contributed by atoms with Crippen molar-refractivity contribution in [2.24, 2.45) is 0 Å². The quantitative estimate of drug-likeness (QED) is 0.720. The number of benzene rings is 1. The van der Waals surface area contributed by atoms with E-state index in [-0.39, 0.29) is 0 Å². The summed E-state index contributed by atoms with van der Waals surface area (Å²) in [5.41, 5.74) is 9.56. The molecule has 2 heterocycles. The molecule has 0 bridgehead atoms. The van der Waals surface area contributed by atoms with Crippen molar-refractivity contribution in [3.63, 3.8) is 0 Å². The van der Waals surface area contributed by atoms with Gasteiger partial charge in [-0.2, -0.15) is 0 Å². The zero-order chi connectivity index (χ0) is 14.8. The summed E-state index contributed by atoms with van der Waals surface area (Å²) in [5, 5.41) is 0. The van der Waals surface area contributed by atoms with Crippen molar-refractivity contribution in [2.45, 2.75) is 12.8 Å². The molecule has 0 aliphatic rings. The molecule has 0 spiro atoms. The second kappa shape index (κ2) is 5.44. The fourth-order valence-corrected chi connectivity index (χ4v) is 2.31. The van der Waals surface area contributed by atoms with Gasteiger partial charge in [-0.3, -0.25) is 0 Å². The largest absolute Gasteiger partial charge is 0.399 e. The van der Waals surface area contributed by atoms with Crippen molar-refractivity contribution in [3.8, 4) is 0 Å². The van der Waals surface area contributed by atoms with Crippen LogP contribution in [0.5, 0.6) is 0 Å². The van der Waals surface area contributed by atoms with E-state index in [2.05, 4.69) is 21.0 Å². The van der Waals surface area contributed by atoms with E-state index in [0.717, 1.165) is 41.3 Å². The number of anilines is 2. The van der Waals surface area contributed by atoms with Crippen LogP contribution in [0.3, 0.4) is 0 Å². The van der Waals surface area contributed by atoms with Gasteiger partial charge in [-0.25, -0.2) is 9.97 Å². The molecule has 2 aromatic heterocycles. The van der Waals surface area contributed by atoms with Crippen LogP contribution in [-0.4, -0.2) is 29.0 Å². The van der Waals surface area contributed by atoms with Gasteiger partial charge >= 0.3 is 0 Å². The Morgan fingerprint density at radius 1 is 1.10 bits per heavy atom. The standard InChI is InChI=1S/C16H19N5/c1-21(2)15-9-7-13-16(20-15)19-14(18-13)8-6-11-4-3-5-12(17)10-11/h3-5,7,9-10H,6,8,17H2,1-2H3,(H,18,19,20). The SMILES string of the molecule is CN(C)c1ccc2[nH]c(CCc3cccc(N)c3)nc2n1. The number of aryl methyl sites for hydroxylation is 2. The number of nitrogens with two attached hydrogens (primary N) is 1. The monoisotopic (exact) mass is 281 g/mol. The Kier molecular flexibility index (Phi) is 3.48. The van der Waals surface area contributed by atoms with E-state index in [1.54, 1.807) is 0 Å². The number of aromatic amines is 1. The van der Waals surface area contributed by atoms with Gasteiger partial charge in [-0.1, -0.05) is 12.1 Å². The molecule has 3 aromatic rings. The van der Waals surface area contributed by atoms with E-state index < -0.39 is 0 Å². The normalized spacial score (nSPS) is 11.0. The number of imidazole rings is 1. The van der Waals surface area contributed by atoms with Crippen LogP contribution < -0.4 is 10.6 Å². The van der Waals surface area contributed by atoms with Crippen LogP contribution in [-0.2, 0) is 12.8 Å². The molecule has 0 aliphatic carbocycles. The smallest absolute Gasteiger partial charge is 0.179 e. The van der Waals surface area contributed by atoms with Crippen molar-refractivity contribution >= 4 is 22.7 Å². The highest BCUT2D eigenvalue weighted by Gasteiger charge is 2.06. The van der Waals surface area contributed by atoms with E-state index in [0.29, 0.717) is 0 Å². The number of pyridine rings is 1. The van der Waals surface area contributed by atoms with Gasteiger partial charge in [0.05, 0.1) is 5.52 Å². The Hall–Kier alpha value is -2.56. The van der Waals surface area contributed by atoms with Gasteiger partial charge in [-0.15, -0.1) is 0 Å². The summed E-state index contributed by atoms with van der Waals surface area (Å²) < 4.78 is 0. The Morgan fingerprint density at radius 3 is 2.71 bits per heavy atom. The first-order valence-corrected chi connectivity index (χ1v) is 6.99. The second-order valence-corrected chi connectivity index (χ2v) is 5.36. The van der Waals surface area contributed by atoms with E-state index in [1.165, 1.54) is 5.56 Å². The first kappa shape index (κ1) is 13.4. The molecular weight excluding hydrogens is 262 g/mol. The molecule has 0 radical (unpaired) electrons. The molecule has 3 N–H and O–H groups in total. The zero-order valence-electron chi connectivity index (χ0n) is 12.3. The van der Waals surface area contributed by atoms with Crippen LogP contribution in [0.25, 0.3) is 11.2 Å². The predicted octanol–water partition coefficient (Wildman–Crippen LogP) is 2.39. The minimum absolute atomic E-state index is 0.767. The highest BCUT2D eigenvalue weighted by molar-refractivity contribution is 5.73. The molecule has 5 heteroatoms. The number of nitrogens with zero attached hydrogens (tertiary/aromatic N) is 3. The summed E-state index contributed by atoms with van der Waals surface area (Å²) in [6.45, 7) is 0.